The summed E-state index contributed by atoms with van der Waals surface area (Å²) in [6.45, 7) is 18.9. The highest BCUT2D eigenvalue weighted by molar-refractivity contribution is 6.03. The van der Waals surface area contributed by atoms with Gasteiger partial charge in [0.15, 0.2) is 0 Å². The smallest absolute Gasteiger partial charge is 0.0571 e. The first kappa shape index (κ1) is 17.3. The van der Waals surface area contributed by atoms with E-state index in [1.165, 1.54) is 28.8 Å². The predicted molar refractivity (Wildman–Crippen MR) is 104 cm³/mol. The summed E-state index contributed by atoms with van der Waals surface area (Å²) < 4.78 is 0. The van der Waals surface area contributed by atoms with Crippen LogP contribution in [0.1, 0.15) is 49.8 Å². The van der Waals surface area contributed by atoms with Gasteiger partial charge < -0.3 is 5.32 Å². The first-order valence-electron chi connectivity index (χ1n) is 8.28. The van der Waals surface area contributed by atoms with Crippen molar-refractivity contribution in [2.24, 2.45) is 4.99 Å². The molecule has 1 saturated carbocycles. The van der Waals surface area contributed by atoms with Crippen molar-refractivity contribution in [3.05, 3.63) is 60.2 Å². The van der Waals surface area contributed by atoms with Crippen LogP contribution in [0.4, 0.5) is 5.69 Å². The minimum atomic E-state index is 0.496. The summed E-state index contributed by atoms with van der Waals surface area (Å²) in [7, 11) is 0. The van der Waals surface area contributed by atoms with Crippen LogP contribution in [-0.2, 0) is 0 Å². The average molecular weight is 308 g/mol. The van der Waals surface area contributed by atoms with E-state index in [0.29, 0.717) is 12.6 Å². The first-order valence-corrected chi connectivity index (χ1v) is 8.28. The molecule has 0 radical (unpaired) electrons. The number of allylic oxidation sites excluding steroid dienone is 1. The number of hydrogen-bond acceptors (Lipinski definition) is 2. The second-order valence-electron chi connectivity index (χ2n) is 6.54. The van der Waals surface area contributed by atoms with Crippen molar-refractivity contribution >= 4 is 17.0 Å². The standard InChI is InChI=1S/C21H28N2/c1-7-10-22-17(6)20-13-21(16(5)12-19(20)14(2)3)23-18-9-8-15(4)11-18/h7,12-13,18,23H,1-2,4,8-11H2,3,5-6H3/b22-17-/t18-/m1/s1. The van der Waals surface area contributed by atoms with Gasteiger partial charge in [-0.15, -0.1) is 6.58 Å². The molecule has 1 N–H and O–H groups in total. The normalized spacial score (nSPS) is 18.1. The van der Waals surface area contributed by atoms with E-state index in [4.69, 9.17) is 0 Å². The monoisotopic (exact) mass is 308 g/mol. The molecule has 0 heterocycles. The molecule has 0 aliphatic heterocycles. The third-order valence-electron chi connectivity index (χ3n) is 4.41. The van der Waals surface area contributed by atoms with Gasteiger partial charge in [0.25, 0.3) is 0 Å². The molecule has 2 rings (SSSR count). The van der Waals surface area contributed by atoms with E-state index < -0.39 is 0 Å². The zero-order valence-corrected chi connectivity index (χ0v) is 14.7. The second kappa shape index (κ2) is 7.45. The molecule has 0 saturated heterocycles. The summed E-state index contributed by atoms with van der Waals surface area (Å²) >= 11 is 0. The van der Waals surface area contributed by atoms with Crippen LogP contribution in [0.25, 0.3) is 5.57 Å². The molecule has 0 spiro atoms. The zero-order valence-electron chi connectivity index (χ0n) is 14.7. The fourth-order valence-corrected chi connectivity index (χ4v) is 3.08. The van der Waals surface area contributed by atoms with Crippen LogP contribution in [-0.4, -0.2) is 18.3 Å². The predicted octanol–water partition coefficient (Wildman–Crippen LogP) is 5.54. The Balaban J connectivity index is 2.38. The fourth-order valence-electron chi connectivity index (χ4n) is 3.08. The summed E-state index contributed by atoms with van der Waals surface area (Å²) in [5, 5.41) is 3.69. The van der Waals surface area contributed by atoms with Crippen LogP contribution < -0.4 is 5.32 Å². The van der Waals surface area contributed by atoms with E-state index in [1.807, 2.05) is 13.0 Å². The molecule has 1 aliphatic carbocycles. The van der Waals surface area contributed by atoms with Crippen LogP contribution in [0.3, 0.4) is 0 Å². The quantitative estimate of drug-likeness (QED) is 0.541. The number of nitrogens with zero attached hydrogens (tertiary/aromatic N) is 1. The van der Waals surface area contributed by atoms with E-state index in [1.54, 1.807) is 0 Å². The van der Waals surface area contributed by atoms with Crippen molar-refractivity contribution in [2.75, 3.05) is 11.9 Å². The number of aliphatic imine (C=N–C) groups is 1. The van der Waals surface area contributed by atoms with Crippen molar-refractivity contribution in [3.8, 4) is 0 Å². The highest BCUT2D eigenvalue weighted by Gasteiger charge is 2.19. The topological polar surface area (TPSA) is 24.4 Å². The fraction of sp³-hybridized carbons (Fsp3) is 0.381. The summed E-state index contributed by atoms with van der Waals surface area (Å²) in [4.78, 5) is 4.59. The Labute approximate surface area is 140 Å². The van der Waals surface area contributed by atoms with Crippen molar-refractivity contribution in [3.63, 3.8) is 0 Å². The molecule has 0 bridgehead atoms. The zero-order chi connectivity index (χ0) is 17.0. The molecule has 0 aromatic heterocycles. The lowest BCUT2D eigenvalue weighted by Crippen LogP contribution is -2.16. The molecule has 23 heavy (non-hydrogen) atoms. The molecular formula is C21H28N2. The average Bonchev–Trinajstić information content (AvgIpc) is 2.91. The molecule has 1 aromatic carbocycles. The Morgan fingerprint density at radius 3 is 2.65 bits per heavy atom. The van der Waals surface area contributed by atoms with Gasteiger partial charge in [0.05, 0.1) is 6.54 Å². The number of anilines is 1. The minimum absolute atomic E-state index is 0.496. The van der Waals surface area contributed by atoms with E-state index in [2.05, 4.69) is 56.0 Å². The number of rotatable bonds is 6. The lowest BCUT2D eigenvalue weighted by atomic mass is 9.95. The van der Waals surface area contributed by atoms with Crippen LogP contribution >= 0.6 is 0 Å². The SMILES string of the molecule is C=CC/N=C(/C)c1cc(N[C@@H]2CCC(=C)C2)c(C)cc1C(=C)C. The van der Waals surface area contributed by atoms with Crippen LogP contribution in [0.15, 0.2) is 48.5 Å². The van der Waals surface area contributed by atoms with Gasteiger partial charge in [0.2, 0.25) is 0 Å². The van der Waals surface area contributed by atoms with Crippen molar-refractivity contribution in [1.82, 2.24) is 0 Å². The van der Waals surface area contributed by atoms with Crippen LogP contribution in [0.2, 0.25) is 0 Å². The van der Waals surface area contributed by atoms with E-state index >= 15 is 0 Å². The molecule has 2 nitrogen and oxygen atoms in total. The van der Waals surface area contributed by atoms with Crippen LogP contribution in [0, 0.1) is 6.92 Å². The lowest BCUT2D eigenvalue weighted by molar-refractivity contribution is 0.761. The lowest BCUT2D eigenvalue weighted by Gasteiger charge is -2.19. The van der Waals surface area contributed by atoms with Crippen molar-refractivity contribution in [2.45, 2.75) is 46.1 Å². The minimum Gasteiger partial charge on any atom is -0.382 e. The molecule has 1 fully saturated rings. The largest absolute Gasteiger partial charge is 0.382 e. The molecule has 2 heteroatoms. The Hall–Kier alpha value is -2.09. The maximum absolute atomic E-state index is 4.59. The number of benzene rings is 1. The van der Waals surface area contributed by atoms with Gasteiger partial charge in [-0.25, -0.2) is 0 Å². The van der Waals surface area contributed by atoms with E-state index in [0.717, 1.165) is 29.7 Å². The summed E-state index contributed by atoms with van der Waals surface area (Å²) in [5.74, 6) is 0. The summed E-state index contributed by atoms with van der Waals surface area (Å²) in [6, 6.07) is 4.94. The number of nitrogens with one attached hydrogen (secondary N) is 1. The molecule has 122 valence electrons. The number of hydrogen-bond donors (Lipinski definition) is 1. The maximum atomic E-state index is 4.59. The molecule has 1 atom stereocenters. The third-order valence-corrected chi connectivity index (χ3v) is 4.41. The second-order valence-corrected chi connectivity index (χ2v) is 6.54. The van der Waals surface area contributed by atoms with Gasteiger partial charge in [-0.1, -0.05) is 30.4 Å². The first-order chi connectivity index (χ1) is 10.9. The molecule has 1 aliphatic rings. The Kier molecular flexibility index (Phi) is 5.59. The Bertz CT molecular complexity index is 665. The van der Waals surface area contributed by atoms with Gasteiger partial charge >= 0.3 is 0 Å². The Morgan fingerprint density at radius 1 is 1.35 bits per heavy atom. The molecular weight excluding hydrogens is 280 g/mol. The van der Waals surface area contributed by atoms with Crippen molar-refractivity contribution in [1.29, 1.82) is 0 Å². The van der Waals surface area contributed by atoms with Gasteiger partial charge in [-0.05, 0) is 63.3 Å². The van der Waals surface area contributed by atoms with Crippen LogP contribution in [0.5, 0.6) is 0 Å². The third kappa shape index (κ3) is 4.22. The highest BCUT2D eigenvalue weighted by Crippen LogP contribution is 2.30. The maximum Gasteiger partial charge on any atom is 0.0571 e. The van der Waals surface area contributed by atoms with Gasteiger partial charge in [-0.3, -0.25) is 4.99 Å². The van der Waals surface area contributed by atoms with Gasteiger partial charge in [0, 0.05) is 23.0 Å². The van der Waals surface area contributed by atoms with Gasteiger partial charge in [-0.2, -0.15) is 0 Å². The summed E-state index contributed by atoms with van der Waals surface area (Å²) in [5.41, 5.74) is 8.22. The molecule has 0 amide bonds. The number of aryl methyl sites for hydroxylation is 1. The van der Waals surface area contributed by atoms with Gasteiger partial charge in [0.1, 0.15) is 0 Å². The van der Waals surface area contributed by atoms with Crippen molar-refractivity contribution < 1.29 is 0 Å². The van der Waals surface area contributed by atoms with E-state index in [9.17, 15) is 0 Å². The highest BCUT2D eigenvalue weighted by atomic mass is 14.9. The Morgan fingerprint density at radius 2 is 2.09 bits per heavy atom. The van der Waals surface area contributed by atoms with E-state index in [-0.39, 0.29) is 0 Å². The summed E-state index contributed by atoms with van der Waals surface area (Å²) in [6.07, 6.45) is 5.19. The molecule has 1 aromatic rings. The molecule has 0 unspecified atom stereocenters.